The van der Waals surface area contributed by atoms with E-state index in [1.165, 1.54) is 0 Å². The molecule has 0 aliphatic heterocycles. The first-order chi connectivity index (χ1) is 9.16. The van der Waals surface area contributed by atoms with Crippen molar-refractivity contribution in [3.8, 4) is 16.8 Å². The Bertz CT molecular complexity index is 765. The second kappa shape index (κ2) is 4.16. The molecule has 0 radical (unpaired) electrons. The molecule has 2 heterocycles. The van der Waals surface area contributed by atoms with Gasteiger partial charge in [0.1, 0.15) is 0 Å². The molecule has 3 rings (SSSR count). The molecule has 96 valence electrons. The molecule has 3 aromatic rings. The summed E-state index contributed by atoms with van der Waals surface area (Å²) in [5.74, 6) is 0.280. The zero-order valence-electron chi connectivity index (χ0n) is 10.3. The van der Waals surface area contributed by atoms with Crippen LogP contribution in [0.1, 0.15) is 5.69 Å². The Labute approximate surface area is 108 Å². The largest absolute Gasteiger partial charge is 0.367 e. The highest BCUT2D eigenvalue weighted by atomic mass is 16.5. The summed E-state index contributed by atoms with van der Waals surface area (Å²) in [7, 11) is 0. The summed E-state index contributed by atoms with van der Waals surface area (Å²) in [5.41, 5.74) is 8.78. The first-order valence-corrected chi connectivity index (χ1v) is 5.75. The number of nitrogens with one attached hydrogen (secondary N) is 1. The molecule has 0 aliphatic rings. The van der Waals surface area contributed by atoms with Crippen LogP contribution in [-0.2, 0) is 0 Å². The van der Waals surface area contributed by atoms with Crippen LogP contribution in [0, 0.1) is 6.92 Å². The Balaban J connectivity index is 2.05. The van der Waals surface area contributed by atoms with E-state index in [0.29, 0.717) is 0 Å². The van der Waals surface area contributed by atoms with Crippen LogP contribution >= 0.6 is 0 Å². The van der Waals surface area contributed by atoms with E-state index >= 15 is 0 Å². The molecule has 0 atom stereocenters. The van der Waals surface area contributed by atoms with E-state index in [1.54, 1.807) is 17.0 Å². The fourth-order valence-corrected chi connectivity index (χ4v) is 2.03. The summed E-state index contributed by atoms with van der Waals surface area (Å²) in [4.78, 5) is 14.3. The second-order valence-electron chi connectivity index (χ2n) is 4.22. The van der Waals surface area contributed by atoms with Crippen LogP contribution in [0.4, 0.5) is 5.88 Å². The first-order valence-electron chi connectivity index (χ1n) is 5.75. The second-order valence-corrected chi connectivity index (χ2v) is 4.22. The number of nitrogens with two attached hydrogens (primary N) is 1. The zero-order valence-corrected chi connectivity index (χ0v) is 10.3. The number of hydrogen-bond acceptors (Lipinski definition) is 4. The van der Waals surface area contributed by atoms with Gasteiger partial charge in [-0.25, -0.2) is 4.79 Å². The van der Waals surface area contributed by atoms with Gasteiger partial charge in [0, 0.05) is 11.9 Å². The lowest BCUT2D eigenvalue weighted by Crippen LogP contribution is -2.15. The number of aromatic nitrogens is 3. The predicted octanol–water partition coefficient (Wildman–Crippen LogP) is 1.71. The van der Waals surface area contributed by atoms with E-state index in [4.69, 9.17) is 10.3 Å². The maximum absolute atomic E-state index is 11.7. The minimum atomic E-state index is -0.158. The van der Waals surface area contributed by atoms with Crippen LogP contribution < -0.4 is 11.4 Å². The number of rotatable bonds is 2. The smallest absolute Gasteiger partial charge is 0.330 e. The molecule has 0 unspecified atom stereocenters. The number of nitrogens with zero attached hydrogens (tertiary/aromatic N) is 2. The molecule has 0 spiro atoms. The standard InChI is InChI=1S/C13H12N4O2/c1-8-6-15-13(18)17(8)10-4-2-9(3-5-10)11-7-16-19-12(11)14/h2-7H,14H2,1H3,(H,15,18). The van der Waals surface area contributed by atoms with Crippen molar-refractivity contribution in [1.29, 1.82) is 0 Å². The van der Waals surface area contributed by atoms with Gasteiger partial charge in [0.25, 0.3) is 0 Å². The number of anilines is 1. The Hall–Kier alpha value is -2.76. The number of imidazole rings is 1. The van der Waals surface area contributed by atoms with Gasteiger partial charge in [-0.05, 0) is 24.6 Å². The van der Waals surface area contributed by atoms with Crippen molar-refractivity contribution in [2.45, 2.75) is 6.92 Å². The van der Waals surface area contributed by atoms with Gasteiger partial charge < -0.3 is 15.2 Å². The molecule has 0 saturated heterocycles. The van der Waals surface area contributed by atoms with Crippen LogP contribution in [-0.4, -0.2) is 14.7 Å². The van der Waals surface area contributed by atoms with Crippen LogP contribution in [0.15, 0.2) is 46.0 Å². The average Bonchev–Trinajstić information content (AvgIpc) is 2.97. The van der Waals surface area contributed by atoms with E-state index in [2.05, 4.69) is 10.1 Å². The number of aromatic amines is 1. The van der Waals surface area contributed by atoms with E-state index in [9.17, 15) is 4.79 Å². The number of benzene rings is 1. The molecule has 6 heteroatoms. The molecule has 0 bridgehead atoms. The predicted molar refractivity (Wildman–Crippen MR) is 71.0 cm³/mol. The molecular formula is C13H12N4O2. The normalized spacial score (nSPS) is 10.8. The fraction of sp³-hybridized carbons (Fsp3) is 0.0769. The van der Waals surface area contributed by atoms with Crippen LogP contribution in [0.25, 0.3) is 16.8 Å². The molecular weight excluding hydrogens is 244 g/mol. The van der Waals surface area contributed by atoms with Gasteiger partial charge in [0.2, 0.25) is 5.88 Å². The van der Waals surface area contributed by atoms with Crippen molar-refractivity contribution in [2.75, 3.05) is 5.73 Å². The number of hydrogen-bond donors (Lipinski definition) is 2. The van der Waals surface area contributed by atoms with E-state index in [1.807, 2.05) is 31.2 Å². The van der Waals surface area contributed by atoms with E-state index < -0.39 is 0 Å². The first kappa shape index (κ1) is 11.3. The van der Waals surface area contributed by atoms with Crippen molar-refractivity contribution in [1.82, 2.24) is 14.7 Å². The van der Waals surface area contributed by atoms with Crippen molar-refractivity contribution in [3.05, 3.63) is 52.8 Å². The summed E-state index contributed by atoms with van der Waals surface area (Å²) in [6, 6.07) is 7.45. The number of H-pyrrole nitrogens is 1. The molecule has 6 nitrogen and oxygen atoms in total. The minimum Gasteiger partial charge on any atom is -0.367 e. The van der Waals surface area contributed by atoms with Gasteiger partial charge in [-0.3, -0.25) is 4.57 Å². The fourth-order valence-electron chi connectivity index (χ4n) is 2.03. The third kappa shape index (κ3) is 1.83. The van der Waals surface area contributed by atoms with Gasteiger partial charge in [-0.2, -0.15) is 0 Å². The summed E-state index contributed by atoms with van der Waals surface area (Å²) in [6.45, 7) is 1.86. The molecule has 0 aliphatic carbocycles. The summed E-state index contributed by atoms with van der Waals surface area (Å²) < 4.78 is 6.43. The molecule has 19 heavy (non-hydrogen) atoms. The van der Waals surface area contributed by atoms with Crippen LogP contribution in [0.3, 0.4) is 0 Å². The van der Waals surface area contributed by atoms with Crippen LogP contribution in [0.2, 0.25) is 0 Å². The van der Waals surface area contributed by atoms with Crippen molar-refractivity contribution >= 4 is 5.88 Å². The molecule has 0 fully saturated rings. The number of aryl methyl sites for hydroxylation is 1. The molecule has 2 aromatic heterocycles. The maximum Gasteiger partial charge on any atom is 0.330 e. The van der Waals surface area contributed by atoms with Crippen LogP contribution in [0.5, 0.6) is 0 Å². The van der Waals surface area contributed by atoms with Crippen molar-refractivity contribution in [2.24, 2.45) is 0 Å². The lowest BCUT2D eigenvalue weighted by molar-refractivity contribution is 0.436. The van der Waals surface area contributed by atoms with Crippen molar-refractivity contribution < 1.29 is 4.52 Å². The average molecular weight is 256 g/mol. The third-order valence-corrected chi connectivity index (χ3v) is 3.00. The highest BCUT2D eigenvalue weighted by molar-refractivity contribution is 5.72. The van der Waals surface area contributed by atoms with Gasteiger partial charge in [-0.1, -0.05) is 17.3 Å². The third-order valence-electron chi connectivity index (χ3n) is 3.00. The molecule has 0 saturated carbocycles. The maximum atomic E-state index is 11.7. The summed E-state index contributed by atoms with van der Waals surface area (Å²) in [5, 5.41) is 3.64. The lowest BCUT2D eigenvalue weighted by atomic mass is 10.1. The van der Waals surface area contributed by atoms with Gasteiger partial charge in [-0.15, -0.1) is 0 Å². The summed E-state index contributed by atoms with van der Waals surface area (Å²) in [6.07, 6.45) is 3.24. The van der Waals surface area contributed by atoms with Gasteiger partial charge in [0.05, 0.1) is 17.4 Å². The van der Waals surface area contributed by atoms with Crippen molar-refractivity contribution in [3.63, 3.8) is 0 Å². The Kier molecular flexibility index (Phi) is 2.49. The number of nitrogen functional groups attached to an aromatic ring is 1. The minimum absolute atomic E-state index is 0.158. The van der Waals surface area contributed by atoms with Gasteiger partial charge >= 0.3 is 5.69 Å². The van der Waals surface area contributed by atoms with Gasteiger partial charge in [0.15, 0.2) is 0 Å². The lowest BCUT2D eigenvalue weighted by Gasteiger charge is -2.05. The summed E-state index contributed by atoms with van der Waals surface area (Å²) >= 11 is 0. The molecule has 0 amide bonds. The topological polar surface area (TPSA) is 89.8 Å². The van der Waals surface area contributed by atoms with E-state index in [0.717, 1.165) is 22.5 Å². The van der Waals surface area contributed by atoms with E-state index in [-0.39, 0.29) is 11.6 Å². The quantitative estimate of drug-likeness (QED) is 0.730. The highest BCUT2D eigenvalue weighted by Crippen LogP contribution is 2.26. The SMILES string of the molecule is Cc1c[nH]c(=O)n1-c1ccc(-c2cnoc2N)cc1. The zero-order chi connectivity index (χ0) is 13.4. The monoisotopic (exact) mass is 256 g/mol. The Morgan fingerprint density at radius 2 is 2.05 bits per heavy atom. The molecule has 3 N–H and O–H groups in total. The Morgan fingerprint density at radius 3 is 2.58 bits per heavy atom. The Morgan fingerprint density at radius 1 is 1.32 bits per heavy atom. The molecule has 1 aromatic carbocycles. The highest BCUT2D eigenvalue weighted by Gasteiger charge is 2.08.